The molecule has 0 aliphatic heterocycles. The van der Waals surface area contributed by atoms with Crippen molar-refractivity contribution in [2.75, 3.05) is 24.9 Å². The number of carbonyl (C=O) groups is 1. The highest BCUT2D eigenvalue weighted by molar-refractivity contribution is 8.03. The summed E-state index contributed by atoms with van der Waals surface area (Å²) in [6.45, 7) is 4.83. The third-order valence-electron chi connectivity index (χ3n) is 5.88. The standard InChI is InChI=1S/C25H35O3PS/c1-3-27-24(26)25(28-4-2,17-20-10-6-5-7-11-20)18-29-19-30-23-15-14-21-12-8-9-13-22(21)16-23/h8-9,12-16,20,29H,3-7,10-11,17-19H2,1-2H3. The molecule has 5 heteroatoms. The smallest absolute Gasteiger partial charge is 0.338 e. The van der Waals surface area contributed by atoms with E-state index in [-0.39, 0.29) is 5.97 Å². The molecule has 2 aromatic carbocycles. The van der Waals surface area contributed by atoms with Gasteiger partial charge in [0.25, 0.3) is 0 Å². The molecule has 0 bridgehead atoms. The van der Waals surface area contributed by atoms with Gasteiger partial charge in [-0.25, -0.2) is 4.79 Å². The van der Waals surface area contributed by atoms with E-state index < -0.39 is 5.60 Å². The first-order valence-corrected chi connectivity index (χ1v) is 13.7. The van der Waals surface area contributed by atoms with Crippen LogP contribution < -0.4 is 0 Å². The van der Waals surface area contributed by atoms with E-state index in [0.717, 1.165) is 18.1 Å². The molecule has 0 saturated heterocycles. The molecule has 2 aromatic rings. The number of fused-ring (bicyclic) bond motifs is 1. The van der Waals surface area contributed by atoms with Gasteiger partial charge in [-0.1, -0.05) is 62.4 Å². The summed E-state index contributed by atoms with van der Waals surface area (Å²) in [5, 5.41) is 2.55. The maximum atomic E-state index is 13.0. The first-order valence-electron chi connectivity index (χ1n) is 11.3. The van der Waals surface area contributed by atoms with Gasteiger partial charge in [-0.2, -0.15) is 0 Å². The summed E-state index contributed by atoms with van der Waals surface area (Å²) in [6.07, 6.45) is 7.86. The zero-order valence-electron chi connectivity index (χ0n) is 18.3. The number of benzene rings is 2. The second-order valence-corrected chi connectivity index (χ2v) is 10.8. The number of thioether (sulfide) groups is 1. The quantitative estimate of drug-likeness (QED) is 0.163. The van der Waals surface area contributed by atoms with Gasteiger partial charge in [0.1, 0.15) is 0 Å². The predicted octanol–water partition coefficient (Wildman–Crippen LogP) is 6.88. The summed E-state index contributed by atoms with van der Waals surface area (Å²) in [6, 6.07) is 15.1. The van der Waals surface area contributed by atoms with E-state index in [1.54, 1.807) is 0 Å². The lowest BCUT2D eigenvalue weighted by atomic mass is 9.81. The average molecular weight is 447 g/mol. The normalized spacial score (nSPS) is 17.4. The fourth-order valence-electron chi connectivity index (χ4n) is 4.44. The summed E-state index contributed by atoms with van der Waals surface area (Å²) < 4.78 is 11.7. The third kappa shape index (κ3) is 6.45. The van der Waals surface area contributed by atoms with Crippen molar-refractivity contribution in [1.29, 1.82) is 0 Å². The second kappa shape index (κ2) is 12.1. The van der Waals surface area contributed by atoms with Gasteiger partial charge in [0, 0.05) is 23.2 Å². The lowest BCUT2D eigenvalue weighted by molar-refractivity contribution is -0.171. The molecule has 1 aliphatic rings. The highest BCUT2D eigenvalue weighted by atomic mass is 32.2. The predicted molar refractivity (Wildman–Crippen MR) is 130 cm³/mol. The Morgan fingerprint density at radius 1 is 1.07 bits per heavy atom. The monoisotopic (exact) mass is 446 g/mol. The molecule has 3 rings (SSSR count). The Morgan fingerprint density at radius 3 is 2.57 bits per heavy atom. The molecule has 0 spiro atoms. The van der Waals surface area contributed by atoms with E-state index in [9.17, 15) is 4.79 Å². The minimum Gasteiger partial charge on any atom is -0.464 e. The molecule has 2 atom stereocenters. The fourth-order valence-corrected chi connectivity index (χ4v) is 7.09. The Kier molecular flexibility index (Phi) is 9.49. The molecule has 1 saturated carbocycles. The Bertz CT molecular complexity index is 806. The van der Waals surface area contributed by atoms with E-state index >= 15 is 0 Å². The van der Waals surface area contributed by atoms with Crippen LogP contribution in [0.15, 0.2) is 47.4 Å². The summed E-state index contributed by atoms with van der Waals surface area (Å²) in [4.78, 5) is 14.3. The number of hydrogen-bond donors (Lipinski definition) is 0. The van der Waals surface area contributed by atoms with Crippen molar-refractivity contribution >= 4 is 37.1 Å². The molecule has 30 heavy (non-hydrogen) atoms. The van der Waals surface area contributed by atoms with Crippen LogP contribution in [0.1, 0.15) is 52.4 Å². The van der Waals surface area contributed by atoms with Crippen molar-refractivity contribution in [3.63, 3.8) is 0 Å². The minimum absolute atomic E-state index is 0.152. The van der Waals surface area contributed by atoms with Crippen LogP contribution in [0.2, 0.25) is 0 Å². The van der Waals surface area contributed by atoms with Crippen LogP contribution in [-0.4, -0.2) is 36.4 Å². The number of ether oxygens (including phenoxy) is 2. The molecule has 2 unspecified atom stereocenters. The van der Waals surface area contributed by atoms with Gasteiger partial charge in [-0.3, -0.25) is 0 Å². The summed E-state index contributed by atoms with van der Waals surface area (Å²) in [5.74, 6) is 0.424. The summed E-state index contributed by atoms with van der Waals surface area (Å²) in [5.41, 5.74) is 0.229. The lowest BCUT2D eigenvalue weighted by Gasteiger charge is -2.35. The highest BCUT2D eigenvalue weighted by Crippen LogP contribution is 2.38. The highest BCUT2D eigenvalue weighted by Gasteiger charge is 2.42. The van der Waals surface area contributed by atoms with Crippen molar-refractivity contribution in [1.82, 2.24) is 0 Å². The first-order chi connectivity index (χ1) is 14.7. The molecular formula is C25H35O3PS. The van der Waals surface area contributed by atoms with E-state index in [1.165, 1.54) is 47.8 Å². The fraction of sp³-hybridized carbons (Fsp3) is 0.560. The van der Waals surface area contributed by atoms with Crippen LogP contribution in [0.4, 0.5) is 0 Å². The van der Waals surface area contributed by atoms with Crippen molar-refractivity contribution < 1.29 is 14.3 Å². The number of rotatable bonds is 11. The van der Waals surface area contributed by atoms with Gasteiger partial charge >= 0.3 is 5.97 Å². The maximum absolute atomic E-state index is 13.0. The second-order valence-electron chi connectivity index (χ2n) is 8.08. The van der Waals surface area contributed by atoms with Crippen molar-refractivity contribution in [2.24, 2.45) is 5.92 Å². The number of hydrogen-bond acceptors (Lipinski definition) is 4. The van der Waals surface area contributed by atoms with Crippen molar-refractivity contribution in [3.8, 4) is 0 Å². The summed E-state index contributed by atoms with van der Waals surface area (Å²) >= 11 is 1.87. The Hall–Kier alpha value is -1.09. The number of carbonyl (C=O) groups excluding carboxylic acids is 1. The minimum atomic E-state index is -0.769. The van der Waals surface area contributed by atoms with E-state index in [1.807, 2.05) is 25.6 Å². The first kappa shape index (κ1) is 23.6. The van der Waals surface area contributed by atoms with Gasteiger partial charge < -0.3 is 9.47 Å². The Morgan fingerprint density at radius 2 is 1.83 bits per heavy atom. The molecule has 164 valence electrons. The van der Waals surface area contributed by atoms with E-state index in [4.69, 9.17) is 9.47 Å². The molecule has 0 N–H and O–H groups in total. The summed E-state index contributed by atoms with van der Waals surface area (Å²) in [7, 11) is 0.651. The third-order valence-corrected chi connectivity index (χ3v) is 8.69. The van der Waals surface area contributed by atoms with Crippen LogP contribution >= 0.6 is 20.3 Å². The van der Waals surface area contributed by atoms with Gasteiger partial charge in [0.15, 0.2) is 5.60 Å². The Labute approximate surface area is 187 Å². The topological polar surface area (TPSA) is 35.5 Å². The number of esters is 1. The molecule has 0 aromatic heterocycles. The molecule has 1 aliphatic carbocycles. The van der Waals surface area contributed by atoms with Crippen LogP contribution in [0.5, 0.6) is 0 Å². The zero-order chi connectivity index (χ0) is 21.2. The maximum Gasteiger partial charge on any atom is 0.338 e. The molecule has 0 heterocycles. The molecule has 3 nitrogen and oxygen atoms in total. The average Bonchev–Trinajstić information content (AvgIpc) is 2.77. The van der Waals surface area contributed by atoms with Crippen LogP contribution in [0.3, 0.4) is 0 Å². The van der Waals surface area contributed by atoms with Gasteiger partial charge in [-0.15, -0.1) is 20.3 Å². The molecule has 0 radical (unpaired) electrons. The SMILES string of the molecule is CCOC(=O)C(CPCSc1ccc2ccccc2c1)(CC1CCCCC1)OCC. The van der Waals surface area contributed by atoms with Crippen molar-refractivity contribution in [2.45, 2.75) is 62.9 Å². The Balaban J connectivity index is 1.62. The molecular weight excluding hydrogens is 411 g/mol. The van der Waals surface area contributed by atoms with Crippen LogP contribution in [0, 0.1) is 5.92 Å². The van der Waals surface area contributed by atoms with Crippen LogP contribution in [0.25, 0.3) is 10.8 Å². The van der Waals surface area contributed by atoms with Gasteiger partial charge in [0.05, 0.1) is 6.61 Å². The lowest BCUT2D eigenvalue weighted by Crippen LogP contribution is -2.47. The van der Waals surface area contributed by atoms with E-state index in [0.29, 0.717) is 27.7 Å². The molecule has 0 amide bonds. The van der Waals surface area contributed by atoms with E-state index in [2.05, 4.69) is 42.5 Å². The van der Waals surface area contributed by atoms with Gasteiger partial charge in [-0.05, 0) is 49.1 Å². The zero-order valence-corrected chi connectivity index (χ0v) is 20.1. The van der Waals surface area contributed by atoms with Crippen molar-refractivity contribution in [3.05, 3.63) is 42.5 Å². The van der Waals surface area contributed by atoms with Gasteiger partial charge in [0.2, 0.25) is 0 Å². The van der Waals surface area contributed by atoms with Crippen LogP contribution in [-0.2, 0) is 14.3 Å². The largest absolute Gasteiger partial charge is 0.464 e. The molecule has 1 fully saturated rings.